The lowest BCUT2D eigenvalue weighted by molar-refractivity contribution is -0.139. The lowest BCUT2D eigenvalue weighted by atomic mass is 9.83. The Hall–Kier alpha value is -1.32. The van der Waals surface area contributed by atoms with Gasteiger partial charge in [0.1, 0.15) is 0 Å². The first kappa shape index (κ1) is 15.1. The summed E-state index contributed by atoms with van der Waals surface area (Å²) in [7, 11) is 0. The lowest BCUT2D eigenvalue weighted by Gasteiger charge is -2.37. The van der Waals surface area contributed by atoms with Crippen molar-refractivity contribution in [3.05, 3.63) is 12.2 Å². The van der Waals surface area contributed by atoms with Gasteiger partial charge in [0.15, 0.2) is 0 Å². The Kier molecular flexibility index (Phi) is 5.21. The Bertz CT molecular complexity index is 391. The van der Waals surface area contributed by atoms with Gasteiger partial charge in [0.25, 0.3) is 0 Å². The molecule has 0 bridgehead atoms. The van der Waals surface area contributed by atoms with Crippen molar-refractivity contribution in [2.24, 2.45) is 17.8 Å². The van der Waals surface area contributed by atoms with Crippen molar-refractivity contribution in [2.45, 2.75) is 45.4 Å². The number of likely N-dealkylation sites (tertiary alicyclic amines) is 1. The molecule has 4 nitrogen and oxygen atoms in total. The van der Waals surface area contributed by atoms with Crippen molar-refractivity contribution in [1.29, 1.82) is 0 Å². The van der Waals surface area contributed by atoms with Gasteiger partial charge >= 0.3 is 5.97 Å². The Balaban J connectivity index is 1.90. The molecule has 0 radical (unpaired) electrons. The summed E-state index contributed by atoms with van der Waals surface area (Å²) in [6, 6.07) is 0. The first-order valence-corrected chi connectivity index (χ1v) is 7.73. The highest BCUT2D eigenvalue weighted by Crippen LogP contribution is 2.28. The van der Waals surface area contributed by atoms with E-state index in [4.69, 9.17) is 5.11 Å². The predicted octanol–water partition coefficient (Wildman–Crippen LogP) is 2.69. The van der Waals surface area contributed by atoms with Crippen LogP contribution in [0.4, 0.5) is 0 Å². The standard InChI is InChI=1S/C16H25NO3/c1-12(10-15(18)19)14-8-5-9-17(11-14)16(20)13-6-3-2-4-7-13/h2-3,12-14H,4-11H2,1H3,(H,18,19). The molecule has 3 atom stereocenters. The van der Waals surface area contributed by atoms with Gasteiger partial charge in [0.05, 0.1) is 0 Å². The topological polar surface area (TPSA) is 57.6 Å². The fraction of sp³-hybridized carbons (Fsp3) is 0.750. The van der Waals surface area contributed by atoms with Crippen LogP contribution in [0.25, 0.3) is 0 Å². The summed E-state index contributed by atoms with van der Waals surface area (Å²) in [5.74, 6) is 0.172. The fourth-order valence-electron chi connectivity index (χ4n) is 3.39. The maximum Gasteiger partial charge on any atom is 0.303 e. The number of amides is 1. The molecule has 2 aliphatic rings. The summed E-state index contributed by atoms with van der Waals surface area (Å²) in [5.41, 5.74) is 0. The number of rotatable bonds is 4. The molecule has 20 heavy (non-hydrogen) atoms. The molecule has 4 heteroatoms. The van der Waals surface area contributed by atoms with Gasteiger partial charge in [0.2, 0.25) is 5.91 Å². The van der Waals surface area contributed by atoms with E-state index in [-0.39, 0.29) is 24.2 Å². The predicted molar refractivity (Wildman–Crippen MR) is 77.2 cm³/mol. The van der Waals surface area contributed by atoms with Crippen LogP contribution < -0.4 is 0 Å². The Morgan fingerprint density at radius 1 is 1.35 bits per heavy atom. The van der Waals surface area contributed by atoms with E-state index in [9.17, 15) is 9.59 Å². The van der Waals surface area contributed by atoms with Crippen molar-refractivity contribution in [2.75, 3.05) is 13.1 Å². The summed E-state index contributed by atoms with van der Waals surface area (Å²) < 4.78 is 0. The van der Waals surface area contributed by atoms with E-state index in [1.807, 2.05) is 11.8 Å². The number of allylic oxidation sites excluding steroid dienone is 2. The Morgan fingerprint density at radius 3 is 2.80 bits per heavy atom. The second-order valence-electron chi connectivity index (χ2n) is 6.24. The van der Waals surface area contributed by atoms with Gasteiger partial charge in [-0.05, 0) is 43.9 Å². The summed E-state index contributed by atoms with van der Waals surface area (Å²) >= 11 is 0. The molecule has 1 saturated heterocycles. The van der Waals surface area contributed by atoms with Crippen LogP contribution in [-0.2, 0) is 9.59 Å². The molecule has 0 spiro atoms. The van der Waals surface area contributed by atoms with Crippen LogP contribution in [0.3, 0.4) is 0 Å². The highest BCUT2D eigenvalue weighted by Gasteiger charge is 2.31. The van der Waals surface area contributed by atoms with Crippen molar-refractivity contribution in [1.82, 2.24) is 4.90 Å². The molecule has 1 aliphatic carbocycles. The third-order valence-corrected chi connectivity index (χ3v) is 4.69. The molecule has 1 heterocycles. The van der Waals surface area contributed by atoms with Gasteiger partial charge in [-0.25, -0.2) is 0 Å². The number of carboxylic acids is 1. The summed E-state index contributed by atoms with van der Waals surface area (Å²) in [4.78, 5) is 25.3. The molecule has 1 fully saturated rings. The van der Waals surface area contributed by atoms with E-state index in [1.54, 1.807) is 0 Å². The normalized spacial score (nSPS) is 28.1. The van der Waals surface area contributed by atoms with Crippen molar-refractivity contribution in [3.63, 3.8) is 0 Å². The zero-order valence-corrected chi connectivity index (χ0v) is 12.3. The van der Waals surface area contributed by atoms with Crippen LogP contribution in [0.2, 0.25) is 0 Å². The fourth-order valence-corrected chi connectivity index (χ4v) is 3.39. The minimum Gasteiger partial charge on any atom is -0.481 e. The Labute approximate surface area is 120 Å². The summed E-state index contributed by atoms with van der Waals surface area (Å²) in [6.07, 6.45) is 9.35. The number of carboxylic acid groups (broad SMARTS) is 1. The minimum atomic E-state index is -0.738. The van der Waals surface area contributed by atoms with Crippen LogP contribution in [0.1, 0.15) is 45.4 Å². The molecule has 112 valence electrons. The van der Waals surface area contributed by atoms with E-state index in [0.717, 1.165) is 45.2 Å². The number of piperidine rings is 1. The SMILES string of the molecule is CC(CC(=O)O)C1CCCN(C(=O)C2CC=CCC2)C1. The molecule has 1 aliphatic heterocycles. The summed E-state index contributed by atoms with van der Waals surface area (Å²) in [6.45, 7) is 3.58. The second-order valence-corrected chi connectivity index (χ2v) is 6.24. The van der Waals surface area contributed by atoms with Gasteiger partial charge in [-0.2, -0.15) is 0 Å². The van der Waals surface area contributed by atoms with Crippen molar-refractivity contribution in [3.8, 4) is 0 Å². The molecule has 1 amide bonds. The smallest absolute Gasteiger partial charge is 0.303 e. The molecule has 0 aromatic carbocycles. The zero-order valence-electron chi connectivity index (χ0n) is 12.3. The van der Waals surface area contributed by atoms with Gasteiger partial charge in [-0.1, -0.05) is 19.1 Å². The molecule has 1 N–H and O–H groups in total. The number of nitrogens with zero attached hydrogens (tertiary/aromatic N) is 1. The molecule has 2 rings (SSSR count). The van der Waals surface area contributed by atoms with E-state index in [2.05, 4.69) is 12.2 Å². The molecule has 0 aromatic heterocycles. The number of aliphatic carboxylic acids is 1. The monoisotopic (exact) mass is 279 g/mol. The number of hydrogen-bond acceptors (Lipinski definition) is 2. The summed E-state index contributed by atoms with van der Waals surface area (Å²) in [5, 5.41) is 8.91. The van der Waals surface area contributed by atoms with Crippen LogP contribution >= 0.6 is 0 Å². The average Bonchev–Trinajstić information content (AvgIpc) is 2.47. The molecule has 3 unspecified atom stereocenters. The zero-order chi connectivity index (χ0) is 14.5. The first-order chi connectivity index (χ1) is 9.58. The molecule has 0 saturated carbocycles. The van der Waals surface area contributed by atoms with Crippen molar-refractivity contribution >= 4 is 11.9 Å². The van der Waals surface area contributed by atoms with Gasteiger partial charge in [-0.3, -0.25) is 9.59 Å². The number of hydrogen-bond donors (Lipinski definition) is 1. The van der Waals surface area contributed by atoms with E-state index < -0.39 is 5.97 Å². The van der Waals surface area contributed by atoms with Crippen LogP contribution in [0, 0.1) is 17.8 Å². The van der Waals surface area contributed by atoms with Crippen LogP contribution in [-0.4, -0.2) is 35.0 Å². The maximum atomic E-state index is 12.5. The second kappa shape index (κ2) is 6.91. The minimum absolute atomic E-state index is 0.147. The quantitative estimate of drug-likeness (QED) is 0.805. The van der Waals surface area contributed by atoms with Gasteiger partial charge in [-0.15, -0.1) is 0 Å². The highest BCUT2D eigenvalue weighted by molar-refractivity contribution is 5.79. The van der Waals surface area contributed by atoms with Gasteiger partial charge < -0.3 is 10.0 Å². The largest absolute Gasteiger partial charge is 0.481 e. The van der Waals surface area contributed by atoms with E-state index in [0.29, 0.717) is 5.92 Å². The van der Waals surface area contributed by atoms with E-state index in [1.165, 1.54) is 0 Å². The third kappa shape index (κ3) is 3.84. The average molecular weight is 279 g/mol. The number of carbonyl (C=O) groups excluding carboxylic acids is 1. The molecular weight excluding hydrogens is 254 g/mol. The highest BCUT2D eigenvalue weighted by atomic mass is 16.4. The molecule has 0 aromatic rings. The van der Waals surface area contributed by atoms with Crippen LogP contribution in [0.15, 0.2) is 12.2 Å². The lowest BCUT2D eigenvalue weighted by Crippen LogP contribution is -2.44. The molecular formula is C16H25NO3. The first-order valence-electron chi connectivity index (χ1n) is 7.73. The Morgan fingerprint density at radius 2 is 2.15 bits per heavy atom. The van der Waals surface area contributed by atoms with Gasteiger partial charge in [0, 0.05) is 25.4 Å². The number of carbonyl (C=O) groups is 2. The van der Waals surface area contributed by atoms with E-state index >= 15 is 0 Å². The van der Waals surface area contributed by atoms with Crippen molar-refractivity contribution < 1.29 is 14.7 Å². The van der Waals surface area contributed by atoms with Crippen LogP contribution in [0.5, 0.6) is 0 Å². The maximum absolute atomic E-state index is 12.5. The third-order valence-electron chi connectivity index (χ3n) is 4.69.